The van der Waals surface area contributed by atoms with E-state index in [1.807, 2.05) is 31.3 Å². The molecule has 2 aromatic rings. The summed E-state index contributed by atoms with van der Waals surface area (Å²) in [4.78, 5) is 24.5. The Balaban J connectivity index is 1.66. The van der Waals surface area contributed by atoms with Gasteiger partial charge < -0.3 is 25.6 Å². The molecular formula is C24H26N2O5. The molecule has 0 spiro atoms. The zero-order valence-corrected chi connectivity index (χ0v) is 17.5. The molecule has 0 saturated heterocycles. The molecule has 31 heavy (non-hydrogen) atoms. The molecule has 1 amide bonds. The second-order valence-electron chi connectivity index (χ2n) is 7.27. The molecule has 1 aliphatic rings. The van der Waals surface area contributed by atoms with Crippen molar-refractivity contribution in [2.24, 2.45) is 5.92 Å². The van der Waals surface area contributed by atoms with Gasteiger partial charge >= 0.3 is 0 Å². The summed E-state index contributed by atoms with van der Waals surface area (Å²) in [6.07, 6.45) is 1.93. The predicted octanol–water partition coefficient (Wildman–Crippen LogP) is 3.62. The predicted molar refractivity (Wildman–Crippen MR) is 119 cm³/mol. The summed E-state index contributed by atoms with van der Waals surface area (Å²) >= 11 is 0. The normalized spacial score (nSPS) is 16.1. The van der Waals surface area contributed by atoms with Gasteiger partial charge in [0.2, 0.25) is 5.91 Å². The lowest BCUT2D eigenvalue weighted by molar-refractivity contribution is -0.120. The van der Waals surface area contributed by atoms with Crippen LogP contribution in [0.2, 0.25) is 0 Å². The van der Waals surface area contributed by atoms with Gasteiger partial charge in [-0.15, -0.1) is 0 Å². The Morgan fingerprint density at radius 1 is 0.968 bits per heavy atom. The Morgan fingerprint density at radius 2 is 1.55 bits per heavy atom. The van der Waals surface area contributed by atoms with Gasteiger partial charge in [-0.05, 0) is 79.4 Å². The van der Waals surface area contributed by atoms with Crippen molar-refractivity contribution in [1.82, 2.24) is 0 Å². The Morgan fingerprint density at radius 3 is 2.06 bits per heavy atom. The zero-order chi connectivity index (χ0) is 22.4. The van der Waals surface area contributed by atoms with Crippen LogP contribution in [0.3, 0.4) is 0 Å². The fourth-order valence-corrected chi connectivity index (χ4v) is 3.37. The molecule has 1 aliphatic carbocycles. The summed E-state index contributed by atoms with van der Waals surface area (Å²) in [6, 6.07) is 14.4. The van der Waals surface area contributed by atoms with Gasteiger partial charge in [-0.2, -0.15) is 0 Å². The summed E-state index contributed by atoms with van der Waals surface area (Å²) in [6.45, 7) is 1.45. The molecule has 7 nitrogen and oxygen atoms in total. The maximum atomic E-state index is 12.8. The van der Waals surface area contributed by atoms with Crippen LogP contribution in [0.15, 0.2) is 71.8 Å². The van der Waals surface area contributed by atoms with Crippen LogP contribution in [-0.2, 0) is 9.59 Å². The van der Waals surface area contributed by atoms with Gasteiger partial charge in [-0.25, -0.2) is 0 Å². The number of allylic oxidation sites excluding steroid dienone is 3. The summed E-state index contributed by atoms with van der Waals surface area (Å²) in [5.41, 5.74) is 2.26. The second-order valence-corrected chi connectivity index (χ2v) is 7.27. The number of carbonyl (C=O) groups is 2. The Bertz CT molecular complexity index is 992. The van der Waals surface area contributed by atoms with E-state index < -0.39 is 12.2 Å². The number of ketones is 1. The molecule has 0 fully saturated rings. The largest absolute Gasteiger partial charge is 0.457 e. The van der Waals surface area contributed by atoms with Crippen LogP contribution in [0.4, 0.5) is 11.4 Å². The number of hydrogen-bond acceptors (Lipinski definition) is 6. The fraction of sp³-hybridized carbons (Fsp3) is 0.250. The monoisotopic (exact) mass is 422 g/mol. The number of hydrogen-bond donors (Lipinski definition) is 4. The van der Waals surface area contributed by atoms with Crippen molar-refractivity contribution in [2.75, 3.05) is 17.7 Å². The van der Waals surface area contributed by atoms with Crippen molar-refractivity contribution >= 4 is 23.1 Å². The van der Waals surface area contributed by atoms with E-state index in [0.29, 0.717) is 35.6 Å². The first-order valence-corrected chi connectivity index (χ1v) is 10.0. The van der Waals surface area contributed by atoms with Gasteiger partial charge in [0.15, 0.2) is 12.1 Å². The molecule has 0 bridgehead atoms. The average molecular weight is 422 g/mol. The third-order valence-corrected chi connectivity index (χ3v) is 5.15. The van der Waals surface area contributed by atoms with E-state index in [1.165, 1.54) is 13.0 Å². The van der Waals surface area contributed by atoms with Crippen LogP contribution >= 0.6 is 0 Å². The first-order chi connectivity index (χ1) is 14.9. The molecule has 1 unspecified atom stereocenters. The molecule has 1 atom stereocenters. The van der Waals surface area contributed by atoms with Crippen LogP contribution in [0.25, 0.3) is 0 Å². The number of aliphatic hydroxyl groups excluding tert-OH is 1. The number of anilines is 2. The molecular weight excluding hydrogens is 396 g/mol. The second kappa shape index (κ2) is 10.1. The standard InChI is InChI=1S/C24H26N2O5/c1-15(27)16-3-13-21(22(14-4-16)24(29)30)23(28)26-18-7-11-20(12-8-18)31-19-9-5-17(25-2)6-10-19/h4-12,14,21,24-25,29-30H,3,13H2,1-2H3,(H,26,28). The van der Waals surface area contributed by atoms with Crippen molar-refractivity contribution in [3.8, 4) is 11.5 Å². The van der Waals surface area contributed by atoms with E-state index >= 15 is 0 Å². The lowest BCUT2D eigenvalue weighted by Crippen LogP contribution is -2.29. The highest BCUT2D eigenvalue weighted by Crippen LogP contribution is 2.29. The number of Topliss-reactive ketones (excluding diaryl/α,β-unsaturated/α-hetero) is 1. The van der Waals surface area contributed by atoms with Gasteiger partial charge in [0.25, 0.3) is 0 Å². The zero-order valence-electron chi connectivity index (χ0n) is 17.5. The van der Waals surface area contributed by atoms with Crippen molar-refractivity contribution in [3.63, 3.8) is 0 Å². The lowest BCUT2D eigenvalue weighted by Gasteiger charge is -2.20. The SMILES string of the molecule is CNc1ccc(Oc2ccc(NC(=O)C3CCC(C(C)=O)=CC=C3C(O)O)cc2)cc1. The number of amides is 1. The van der Waals surface area contributed by atoms with Gasteiger partial charge in [-0.3, -0.25) is 9.59 Å². The minimum atomic E-state index is -1.77. The Labute approximate surface area is 181 Å². The molecule has 162 valence electrons. The third kappa shape index (κ3) is 5.81. The van der Waals surface area contributed by atoms with Crippen molar-refractivity contribution < 1.29 is 24.5 Å². The first kappa shape index (κ1) is 22.3. The van der Waals surface area contributed by atoms with Gasteiger partial charge in [-0.1, -0.05) is 12.2 Å². The van der Waals surface area contributed by atoms with Gasteiger partial charge in [0.05, 0.1) is 5.92 Å². The van der Waals surface area contributed by atoms with E-state index in [1.54, 1.807) is 30.3 Å². The number of ether oxygens (including phenoxy) is 1. The highest BCUT2D eigenvalue weighted by Gasteiger charge is 2.28. The van der Waals surface area contributed by atoms with Crippen molar-refractivity contribution in [2.45, 2.75) is 26.1 Å². The molecule has 0 radical (unpaired) electrons. The van der Waals surface area contributed by atoms with Crippen molar-refractivity contribution in [3.05, 3.63) is 71.8 Å². The van der Waals surface area contributed by atoms with Gasteiger partial charge in [0, 0.05) is 18.4 Å². The quantitative estimate of drug-likeness (QED) is 0.508. The molecule has 7 heteroatoms. The topological polar surface area (TPSA) is 108 Å². The summed E-state index contributed by atoms with van der Waals surface area (Å²) in [5, 5.41) is 25.2. The lowest BCUT2D eigenvalue weighted by atomic mass is 9.92. The molecule has 0 saturated carbocycles. The van der Waals surface area contributed by atoms with Crippen LogP contribution in [0.5, 0.6) is 11.5 Å². The maximum absolute atomic E-state index is 12.8. The number of rotatable bonds is 7. The summed E-state index contributed by atoms with van der Waals surface area (Å²) in [7, 11) is 1.84. The maximum Gasteiger partial charge on any atom is 0.231 e. The van der Waals surface area contributed by atoms with E-state index in [2.05, 4.69) is 10.6 Å². The number of benzene rings is 2. The summed E-state index contributed by atoms with van der Waals surface area (Å²) in [5.74, 6) is 0.0879. The molecule has 2 aromatic carbocycles. The fourth-order valence-electron chi connectivity index (χ4n) is 3.37. The van der Waals surface area contributed by atoms with Crippen LogP contribution in [0, 0.1) is 5.92 Å². The molecule has 0 heterocycles. The molecule has 0 aliphatic heterocycles. The Kier molecular flexibility index (Phi) is 7.23. The smallest absolute Gasteiger partial charge is 0.231 e. The highest BCUT2D eigenvalue weighted by molar-refractivity contribution is 5.96. The van der Waals surface area contributed by atoms with Gasteiger partial charge in [0.1, 0.15) is 11.5 Å². The minimum absolute atomic E-state index is 0.0970. The van der Waals surface area contributed by atoms with Crippen molar-refractivity contribution in [1.29, 1.82) is 0 Å². The Hall–Kier alpha value is -3.42. The average Bonchev–Trinajstić information content (AvgIpc) is 2.99. The molecule has 4 N–H and O–H groups in total. The minimum Gasteiger partial charge on any atom is -0.457 e. The van der Waals surface area contributed by atoms with E-state index in [4.69, 9.17) is 4.74 Å². The van der Waals surface area contributed by atoms with Crippen LogP contribution < -0.4 is 15.4 Å². The van der Waals surface area contributed by atoms with E-state index in [9.17, 15) is 19.8 Å². The summed E-state index contributed by atoms with van der Waals surface area (Å²) < 4.78 is 5.80. The number of carbonyl (C=O) groups excluding carboxylic acids is 2. The van der Waals surface area contributed by atoms with E-state index in [-0.39, 0.29) is 17.3 Å². The third-order valence-electron chi connectivity index (χ3n) is 5.15. The molecule has 0 aromatic heterocycles. The number of aliphatic hydroxyl groups is 2. The highest BCUT2D eigenvalue weighted by atomic mass is 16.5. The van der Waals surface area contributed by atoms with Crippen LogP contribution in [-0.4, -0.2) is 35.2 Å². The number of nitrogens with one attached hydrogen (secondary N) is 2. The molecule has 3 rings (SSSR count). The van der Waals surface area contributed by atoms with E-state index in [0.717, 1.165) is 5.69 Å². The first-order valence-electron chi connectivity index (χ1n) is 10.0. The van der Waals surface area contributed by atoms with Crippen LogP contribution in [0.1, 0.15) is 19.8 Å².